The first-order chi connectivity index (χ1) is 10.3. The molecule has 0 aromatic carbocycles. The molecule has 2 atom stereocenters. The number of hydrogen-bond donors (Lipinski definition) is 2. The molecule has 0 radical (unpaired) electrons. The second kappa shape index (κ2) is 7.11. The summed E-state index contributed by atoms with van der Waals surface area (Å²) in [6.45, 7) is 4.10. The molecule has 2 unspecified atom stereocenters. The van der Waals surface area contributed by atoms with Gasteiger partial charge in [-0.15, -0.1) is 0 Å². The molecule has 3 heterocycles. The topological polar surface area (TPSA) is 62.8 Å². The van der Waals surface area contributed by atoms with Gasteiger partial charge < -0.3 is 10.1 Å². The zero-order valence-corrected chi connectivity index (χ0v) is 13.6. The SMILES string of the molecule is CCCNC(c1ncn[nH]1)C1CCOC2(CCSCC2)C1. The van der Waals surface area contributed by atoms with Gasteiger partial charge in [-0.3, -0.25) is 5.10 Å². The first-order valence-electron chi connectivity index (χ1n) is 8.13. The van der Waals surface area contributed by atoms with Gasteiger partial charge in [-0.05, 0) is 56.1 Å². The monoisotopic (exact) mass is 310 g/mol. The average molecular weight is 310 g/mol. The predicted molar refractivity (Wildman–Crippen MR) is 85.4 cm³/mol. The maximum Gasteiger partial charge on any atom is 0.141 e. The number of thioether (sulfide) groups is 1. The summed E-state index contributed by atoms with van der Waals surface area (Å²) in [6.07, 6.45) is 7.40. The molecule has 5 nitrogen and oxygen atoms in total. The molecular weight excluding hydrogens is 284 g/mol. The van der Waals surface area contributed by atoms with Crippen molar-refractivity contribution in [2.24, 2.45) is 5.92 Å². The summed E-state index contributed by atoms with van der Waals surface area (Å²) in [5.74, 6) is 4.04. The van der Waals surface area contributed by atoms with Crippen LogP contribution in [0.15, 0.2) is 6.33 Å². The highest BCUT2D eigenvalue weighted by atomic mass is 32.2. The molecule has 2 saturated heterocycles. The van der Waals surface area contributed by atoms with Crippen LogP contribution in [-0.2, 0) is 4.74 Å². The molecule has 0 aliphatic carbocycles. The van der Waals surface area contributed by atoms with E-state index in [1.807, 2.05) is 0 Å². The van der Waals surface area contributed by atoms with E-state index in [-0.39, 0.29) is 11.6 Å². The van der Waals surface area contributed by atoms with Gasteiger partial charge >= 0.3 is 0 Å². The number of nitrogens with zero attached hydrogens (tertiary/aromatic N) is 2. The lowest BCUT2D eigenvalue weighted by molar-refractivity contribution is -0.108. The van der Waals surface area contributed by atoms with Gasteiger partial charge in [-0.25, -0.2) is 4.98 Å². The summed E-state index contributed by atoms with van der Waals surface area (Å²) in [5.41, 5.74) is 0.125. The van der Waals surface area contributed by atoms with Crippen LogP contribution >= 0.6 is 11.8 Å². The number of nitrogens with one attached hydrogen (secondary N) is 2. The van der Waals surface area contributed by atoms with Crippen LogP contribution < -0.4 is 5.32 Å². The van der Waals surface area contributed by atoms with Gasteiger partial charge in [0.25, 0.3) is 0 Å². The molecule has 118 valence electrons. The highest BCUT2D eigenvalue weighted by Gasteiger charge is 2.41. The largest absolute Gasteiger partial charge is 0.375 e. The van der Waals surface area contributed by atoms with Crippen molar-refractivity contribution in [2.45, 2.75) is 50.7 Å². The molecule has 1 spiro atoms. The van der Waals surface area contributed by atoms with Crippen LogP contribution in [0.25, 0.3) is 0 Å². The van der Waals surface area contributed by atoms with E-state index < -0.39 is 0 Å². The van der Waals surface area contributed by atoms with Gasteiger partial charge in [0.1, 0.15) is 12.2 Å². The molecule has 1 aromatic rings. The number of rotatable bonds is 5. The van der Waals surface area contributed by atoms with E-state index in [0.29, 0.717) is 5.92 Å². The Morgan fingerprint density at radius 2 is 2.38 bits per heavy atom. The highest BCUT2D eigenvalue weighted by molar-refractivity contribution is 7.99. The van der Waals surface area contributed by atoms with Crippen molar-refractivity contribution < 1.29 is 4.74 Å². The Morgan fingerprint density at radius 3 is 3.10 bits per heavy atom. The highest BCUT2D eigenvalue weighted by Crippen LogP contribution is 2.43. The van der Waals surface area contributed by atoms with Crippen molar-refractivity contribution in [1.29, 1.82) is 0 Å². The van der Waals surface area contributed by atoms with Gasteiger partial charge in [0.15, 0.2) is 0 Å². The minimum Gasteiger partial charge on any atom is -0.375 e. The quantitative estimate of drug-likeness (QED) is 0.875. The van der Waals surface area contributed by atoms with E-state index in [4.69, 9.17) is 4.74 Å². The fourth-order valence-electron chi connectivity index (χ4n) is 3.59. The molecule has 2 aliphatic heterocycles. The van der Waals surface area contributed by atoms with E-state index in [2.05, 4.69) is 39.2 Å². The van der Waals surface area contributed by atoms with Gasteiger partial charge in [-0.2, -0.15) is 16.9 Å². The minimum atomic E-state index is 0.125. The summed E-state index contributed by atoms with van der Waals surface area (Å²) in [6, 6.07) is 0.280. The normalized spacial score (nSPS) is 26.8. The van der Waals surface area contributed by atoms with Crippen LogP contribution in [0.5, 0.6) is 0 Å². The van der Waals surface area contributed by atoms with E-state index in [1.54, 1.807) is 6.33 Å². The number of ether oxygens (including phenoxy) is 1. The summed E-state index contributed by atoms with van der Waals surface area (Å²) in [4.78, 5) is 4.40. The van der Waals surface area contributed by atoms with Crippen molar-refractivity contribution in [3.05, 3.63) is 12.2 Å². The van der Waals surface area contributed by atoms with Crippen molar-refractivity contribution in [1.82, 2.24) is 20.5 Å². The molecule has 2 fully saturated rings. The van der Waals surface area contributed by atoms with Crippen LogP contribution in [-0.4, -0.2) is 45.4 Å². The van der Waals surface area contributed by atoms with E-state index in [0.717, 1.165) is 38.2 Å². The second-order valence-electron chi connectivity index (χ2n) is 6.20. The van der Waals surface area contributed by atoms with E-state index >= 15 is 0 Å². The second-order valence-corrected chi connectivity index (χ2v) is 7.42. The number of aromatic amines is 1. The lowest BCUT2D eigenvalue weighted by atomic mass is 9.78. The van der Waals surface area contributed by atoms with Gasteiger partial charge in [0.2, 0.25) is 0 Å². The lowest BCUT2D eigenvalue weighted by Crippen LogP contribution is -2.46. The van der Waals surface area contributed by atoms with Crippen LogP contribution in [0.2, 0.25) is 0 Å². The zero-order chi connectivity index (χ0) is 14.5. The molecule has 1 aromatic heterocycles. The Kier molecular flexibility index (Phi) is 5.19. The number of aromatic nitrogens is 3. The fourth-order valence-corrected chi connectivity index (χ4v) is 4.83. The average Bonchev–Trinajstić information content (AvgIpc) is 3.03. The van der Waals surface area contributed by atoms with Crippen LogP contribution in [0.3, 0.4) is 0 Å². The molecule has 2 N–H and O–H groups in total. The van der Waals surface area contributed by atoms with Crippen LogP contribution in [0.4, 0.5) is 0 Å². The third-order valence-electron chi connectivity index (χ3n) is 4.75. The predicted octanol–water partition coefficient (Wildman–Crippen LogP) is 2.54. The minimum absolute atomic E-state index is 0.125. The smallest absolute Gasteiger partial charge is 0.141 e. The van der Waals surface area contributed by atoms with Crippen molar-refractivity contribution in [3.63, 3.8) is 0 Å². The molecule has 0 saturated carbocycles. The van der Waals surface area contributed by atoms with Crippen molar-refractivity contribution in [2.75, 3.05) is 24.7 Å². The van der Waals surface area contributed by atoms with E-state index in [1.165, 1.54) is 24.3 Å². The Bertz CT molecular complexity index is 414. The zero-order valence-electron chi connectivity index (χ0n) is 12.8. The Balaban J connectivity index is 1.72. The molecule has 0 bridgehead atoms. The summed E-state index contributed by atoms with van der Waals surface area (Å²) >= 11 is 2.06. The molecule has 3 rings (SSSR count). The maximum atomic E-state index is 6.22. The molecular formula is C15H26N4OS. The van der Waals surface area contributed by atoms with E-state index in [9.17, 15) is 0 Å². The van der Waals surface area contributed by atoms with Gasteiger partial charge in [0, 0.05) is 6.61 Å². The standard InChI is InChI=1S/C15H26N4OS/c1-2-6-16-13(14-17-11-18-19-14)12-3-7-20-15(10-12)4-8-21-9-5-15/h11-13,16H,2-10H2,1H3,(H,17,18,19). The van der Waals surface area contributed by atoms with Crippen molar-refractivity contribution >= 4 is 11.8 Å². The lowest BCUT2D eigenvalue weighted by Gasteiger charge is -2.45. The molecule has 0 amide bonds. The Labute approximate surface area is 131 Å². The summed E-state index contributed by atoms with van der Waals surface area (Å²) < 4.78 is 6.22. The fraction of sp³-hybridized carbons (Fsp3) is 0.867. The van der Waals surface area contributed by atoms with Crippen LogP contribution in [0, 0.1) is 5.92 Å². The maximum absolute atomic E-state index is 6.22. The van der Waals surface area contributed by atoms with Gasteiger partial charge in [-0.1, -0.05) is 6.92 Å². The first kappa shape index (κ1) is 15.3. The third kappa shape index (κ3) is 3.60. The Hall–Kier alpha value is -0.590. The molecule has 2 aliphatic rings. The Morgan fingerprint density at radius 1 is 1.52 bits per heavy atom. The number of hydrogen-bond acceptors (Lipinski definition) is 5. The van der Waals surface area contributed by atoms with Crippen molar-refractivity contribution in [3.8, 4) is 0 Å². The molecule has 21 heavy (non-hydrogen) atoms. The summed E-state index contributed by atoms with van der Waals surface area (Å²) in [7, 11) is 0. The first-order valence-corrected chi connectivity index (χ1v) is 9.29. The summed E-state index contributed by atoms with van der Waals surface area (Å²) in [5, 5.41) is 10.8. The van der Waals surface area contributed by atoms with Gasteiger partial charge in [0.05, 0.1) is 11.6 Å². The number of H-pyrrole nitrogens is 1. The third-order valence-corrected chi connectivity index (χ3v) is 5.73. The van der Waals surface area contributed by atoms with Crippen LogP contribution in [0.1, 0.15) is 50.9 Å². The molecule has 6 heteroatoms.